The number of aliphatic hydroxyl groups is 1. The van der Waals surface area contributed by atoms with Gasteiger partial charge in [0, 0.05) is 25.8 Å². The average molecular weight is 373 g/mol. The molecule has 0 aliphatic rings. The maximum atomic E-state index is 14.0. The lowest BCUT2D eigenvalue weighted by Crippen LogP contribution is -2.28. The molecule has 1 aromatic carbocycles. The van der Waals surface area contributed by atoms with Crippen molar-refractivity contribution in [1.82, 2.24) is 4.90 Å². The van der Waals surface area contributed by atoms with E-state index in [1.807, 2.05) is 17.0 Å². The van der Waals surface area contributed by atoms with Crippen molar-refractivity contribution in [3.8, 4) is 0 Å². The number of benzene rings is 1. The number of nitrogens with zero attached hydrogens (tertiary/aromatic N) is 1. The van der Waals surface area contributed by atoms with Crippen LogP contribution >= 0.6 is 0 Å². The molecule has 0 aliphatic heterocycles. The predicted octanol–water partition coefficient (Wildman–Crippen LogP) is 4.41. The summed E-state index contributed by atoms with van der Waals surface area (Å²) in [5, 5.41) is 10.9. The Kier molecular flexibility index (Phi) is 7.13. The highest BCUT2D eigenvalue weighted by atomic mass is 19.1. The van der Waals surface area contributed by atoms with E-state index >= 15 is 0 Å². The topological polar surface area (TPSA) is 45.8 Å². The van der Waals surface area contributed by atoms with Gasteiger partial charge in [-0.25, -0.2) is 4.39 Å². The first-order valence-electron chi connectivity index (χ1n) is 8.87. The van der Waals surface area contributed by atoms with Crippen molar-refractivity contribution in [2.75, 3.05) is 20.3 Å². The summed E-state index contributed by atoms with van der Waals surface area (Å²) >= 11 is 0. The summed E-state index contributed by atoms with van der Waals surface area (Å²) in [6.45, 7) is 13.2. The van der Waals surface area contributed by atoms with E-state index in [4.69, 9.17) is 9.15 Å². The number of hydrogen-bond acceptors (Lipinski definition) is 4. The molecule has 146 valence electrons. The van der Waals surface area contributed by atoms with E-state index < -0.39 is 5.60 Å². The molecule has 1 N–H and O–H groups in total. The molecule has 0 fully saturated rings. The largest absolute Gasteiger partial charge is 0.461 e. The van der Waals surface area contributed by atoms with Gasteiger partial charge in [-0.15, -0.1) is 0 Å². The Morgan fingerprint density at radius 2 is 1.81 bits per heavy atom. The lowest BCUT2D eigenvalue weighted by molar-refractivity contribution is 0.0862. The molecule has 0 unspecified atom stereocenters. The molecule has 0 saturated carbocycles. The Bertz CT molecular complexity index is 782. The minimum atomic E-state index is -1.40. The third kappa shape index (κ3) is 4.95. The van der Waals surface area contributed by atoms with E-state index in [1.165, 1.54) is 6.07 Å². The zero-order chi connectivity index (χ0) is 20.0. The maximum Gasteiger partial charge on any atom is 0.163 e. The van der Waals surface area contributed by atoms with Crippen LogP contribution in [0.15, 0.2) is 65.1 Å². The predicted molar refractivity (Wildman–Crippen MR) is 105 cm³/mol. The first-order valence-corrected chi connectivity index (χ1v) is 8.87. The first-order chi connectivity index (χ1) is 12.8. The molecule has 5 heteroatoms. The van der Waals surface area contributed by atoms with Crippen LogP contribution in [0.25, 0.3) is 0 Å². The fourth-order valence-corrected chi connectivity index (χ4v) is 2.96. The zero-order valence-electron chi connectivity index (χ0n) is 16.3. The van der Waals surface area contributed by atoms with Crippen LogP contribution in [0.4, 0.5) is 4.39 Å². The molecular weight excluding hydrogens is 345 g/mol. The van der Waals surface area contributed by atoms with Gasteiger partial charge in [0.2, 0.25) is 0 Å². The van der Waals surface area contributed by atoms with Gasteiger partial charge in [0.05, 0.1) is 13.2 Å². The van der Waals surface area contributed by atoms with E-state index in [1.54, 1.807) is 39.2 Å². The molecule has 27 heavy (non-hydrogen) atoms. The molecule has 2 rings (SSSR count). The van der Waals surface area contributed by atoms with Gasteiger partial charge in [0.1, 0.15) is 17.3 Å². The number of rotatable bonds is 10. The van der Waals surface area contributed by atoms with Crippen LogP contribution in [-0.2, 0) is 23.4 Å². The van der Waals surface area contributed by atoms with Crippen LogP contribution in [-0.4, -0.2) is 30.3 Å². The second-order valence-corrected chi connectivity index (χ2v) is 6.83. The third-order valence-electron chi connectivity index (χ3n) is 4.60. The van der Waals surface area contributed by atoms with E-state index in [0.29, 0.717) is 54.5 Å². The average Bonchev–Trinajstić information content (AvgIpc) is 3.09. The molecule has 2 aromatic rings. The van der Waals surface area contributed by atoms with Gasteiger partial charge in [0.25, 0.3) is 0 Å². The van der Waals surface area contributed by atoms with Gasteiger partial charge < -0.3 is 14.3 Å². The van der Waals surface area contributed by atoms with E-state index in [2.05, 4.69) is 13.2 Å². The monoisotopic (exact) mass is 373 g/mol. The molecule has 1 aromatic heterocycles. The van der Waals surface area contributed by atoms with Crippen molar-refractivity contribution >= 4 is 0 Å². The van der Waals surface area contributed by atoms with E-state index in [9.17, 15) is 9.50 Å². The number of furan rings is 1. The number of halogens is 1. The van der Waals surface area contributed by atoms with Crippen LogP contribution < -0.4 is 0 Å². The molecule has 1 heterocycles. The van der Waals surface area contributed by atoms with Gasteiger partial charge in [0.15, 0.2) is 5.60 Å². The van der Waals surface area contributed by atoms with Crippen LogP contribution in [0, 0.1) is 5.82 Å². The van der Waals surface area contributed by atoms with Crippen molar-refractivity contribution in [3.63, 3.8) is 0 Å². The molecule has 0 radical (unpaired) electrons. The third-order valence-corrected chi connectivity index (χ3v) is 4.60. The standard InChI is InChI=1S/C22H28FNO3/c1-16(2)22(25,17(3)4)21-11-10-19(27-21)15-24(12-13-26-5)14-18-8-6-7-9-20(18)23/h6-11,25H,1,3,12-15H2,2,4-5H3. The Balaban J connectivity index is 2.21. The fraction of sp³-hybridized carbons (Fsp3) is 0.364. The molecule has 0 bridgehead atoms. The lowest BCUT2D eigenvalue weighted by atomic mass is 9.87. The summed E-state index contributed by atoms with van der Waals surface area (Å²) in [7, 11) is 1.63. The first kappa shape index (κ1) is 21.1. The van der Waals surface area contributed by atoms with E-state index in [0.717, 1.165) is 0 Å². The second kappa shape index (κ2) is 9.13. The van der Waals surface area contributed by atoms with Crippen molar-refractivity contribution in [1.29, 1.82) is 0 Å². The van der Waals surface area contributed by atoms with Gasteiger partial charge in [-0.2, -0.15) is 0 Å². The summed E-state index contributed by atoms with van der Waals surface area (Å²) < 4.78 is 25.1. The van der Waals surface area contributed by atoms with Crippen LogP contribution in [0.2, 0.25) is 0 Å². The van der Waals surface area contributed by atoms with Gasteiger partial charge >= 0.3 is 0 Å². The smallest absolute Gasteiger partial charge is 0.163 e. The van der Waals surface area contributed by atoms with Gasteiger partial charge in [-0.05, 0) is 43.2 Å². The van der Waals surface area contributed by atoms with E-state index in [-0.39, 0.29) is 5.82 Å². The molecule has 0 amide bonds. The van der Waals surface area contributed by atoms with Crippen molar-refractivity contribution in [2.24, 2.45) is 0 Å². The Labute approximate surface area is 160 Å². The van der Waals surface area contributed by atoms with Crippen LogP contribution in [0.5, 0.6) is 0 Å². The second-order valence-electron chi connectivity index (χ2n) is 6.83. The normalized spacial score (nSPS) is 11.8. The summed E-state index contributed by atoms with van der Waals surface area (Å²) in [5.74, 6) is 0.812. The van der Waals surface area contributed by atoms with Crippen molar-refractivity contribution < 1.29 is 18.7 Å². The Hall–Kier alpha value is -2.21. The lowest BCUT2D eigenvalue weighted by Gasteiger charge is -2.27. The SMILES string of the molecule is C=C(C)C(O)(C(=C)C)c1ccc(CN(CCOC)Cc2ccccc2F)o1. The molecule has 0 spiro atoms. The molecule has 4 nitrogen and oxygen atoms in total. The van der Waals surface area contributed by atoms with Crippen molar-refractivity contribution in [3.05, 3.63) is 83.6 Å². The van der Waals surface area contributed by atoms with Gasteiger partial charge in [-0.3, -0.25) is 4.90 Å². The molecular formula is C22H28FNO3. The zero-order valence-corrected chi connectivity index (χ0v) is 16.3. The van der Waals surface area contributed by atoms with Crippen LogP contribution in [0.3, 0.4) is 0 Å². The Morgan fingerprint density at radius 3 is 2.41 bits per heavy atom. The highest BCUT2D eigenvalue weighted by molar-refractivity contribution is 5.35. The van der Waals surface area contributed by atoms with Crippen molar-refractivity contribution in [2.45, 2.75) is 32.5 Å². The minimum Gasteiger partial charge on any atom is -0.461 e. The fourth-order valence-electron chi connectivity index (χ4n) is 2.96. The molecule has 0 atom stereocenters. The maximum absolute atomic E-state index is 14.0. The highest BCUT2D eigenvalue weighted by Crippen LogP contribution is 2.36. The summed E-state index contributed by atoms with van der Waals surface area (Å²) in [6.07, 6.45) is 0. The summed E-state index contributed by atoms with van der Waals surface area (Å²) in [6, 6.07) is 10.3. The summed E-state index contributed by atoms with van der Waals surface area (Å²) in [5.41, 5.74) is 0.291. The number of hydrogen-bond donors (Lipinski definition) is 1. The van der Waals surface area contributed by atoms with Crippen LogP contribution in [0.1, 0.15) is 30.9 Å². The quantitative estimate of drug-likeness (QED) is 0.627. The molecule has 0 aliphatic carbocycles. The van der Waals surface area contributed by atoms with Gasteiger partial charge in [-0.1, -0.05) is 31.4 Å². The minimum absolute atomic E-state index is 0.237. The number of ether oxygens (including phenoxy) is 1. The number of methoxy groups -OCH3 is 1. The highest BCUT2D eigenvalue weighted by Gasteiger charge is 2.35. The molecule has 0 saturated heterocycles. The summed E-state index contributed by atoms with van der Waals surface area (Å²) in [4.78, 5) is 2.03. The Morgan fingerprint density at radius 1 is 1.15 bits per heavy atom.